The summed E-state index contributed by atoms with van der Waals surface area (Å²) in [7, 11) is 0. The number of allylic oxidation sites excluding steroid dienone is 1. The van der Waals surface area contributed by atoms with E-state index in [2.05, 4.69) is 67.1 Å². The van der Waals surface area contributed by atoms with Crippen molar-refractivity contribution in [2.75, 3.05) is 17.7 Å². The number of ether oxygens (including phenoxy) is 1. The Morgan fingerprint density at radius 3 is 2.41 bits per heavy atom. The topological polar surface area (TPSA) is 69.0 Å². The van der Waals surface area contributed by atoms with Crippen LogP contribution in [0.1, 0.15) is 33.3 Å². The van der Waals surface area contributed by atoms with Crippen LogP contribution in [0.5, 0.6) is 5.75 Å². The number of hydrogen-bond donors (Lipinski definition) is 1. The van der Waals surface area contributed by atoms with Crippen molar-refractivity contribution >= 4 is 23.4 Å². The smallest absolute Gasteiger partial charge is 0.234 e. The van der Waals surface area contributed by atoms with E-state index < -0.39 is 0 Å². The minimum atomic E-state index is -0.108. The van der Waals surface area contributed by atoms with Crippen LogP contribution in [0, 0.1) is 0 Å². The second-order valence-corrected chi connectivity index (χ2v) is 9.27. The van der Waals surface area contributed by atoms with Gasteiger partial charge in [-0.3, -0.25) is 9.36 Å². The average molecular weight is 451 g/mol. The quantitative estimate of drug-likeness (QED) is 0.341. The third kappa shape index (κ3) is 6.01. The molecule has 1 amide bonds. The third-order valence-corrected chi connectivity index (χ3v) is 5.79. The van der Waals surface area contributed by atoms with Crippen molar-refractivity contribution in [2.45, 2.75) is 44.8 Å². The van der Waals surface area contributed by atoms with Gasteiger partial charge >= 0.3 is 0 Å². The van der Waals surface area contributed by atoms with Gasteiger partial charge < -0.3 is 10.1 Å². The van der Waals surface area contributed by atoms with Crippen LogP contribution in [0.25, 0.3) is 11.4 Å². The number of carbonyl (C=O) groups excluding carboxylic acids is 1. The number of nitrogens with one attached hydrogen (secondary N) is 1. The highest BCUT2D eigenvalue weighted by Crippen LogP contribution is 2.28. The van der Waals surface area contributed by atoms with Gasteiger partial charge in [0, 0.05) is 17.8 Å². The lowest BCUT2D eigenvalue weighted by Crippen LogP contribution is -2.14. The van der Waals surface area contributed by atoms with E-state index in [1.54, 1.807) is 6.08 Å². The molecule has 0 radical (unpaired) electrons. The molecule has 6 nitrogen and oxygen atoms in total. The van der Waals surface area contributed by atoms with Gasteiger partial charge in [0.2, 0.25) is 5.91 Å². The van der Waals surface area contributed by atoms with Gasteiger partial charge in [0.1, 0.15) is 5.75 Å². The molecule has 0 spiro atoms. The van der Waals surface area contributed by atoms with Crippen LogP contribution in [0.15, 0.2) is 66.3 Å². The van der Waals surface area contributed by atoms with Crippen molar-refractivity contribution in [1.29, 1.82) is 0 Å². The maximum atomic E-state index is 12.4. The Labute approximate surface area is 194 Å². The minimum absolute atomic E-state index is 0.0883. The molecule has 0 aliphatic carbocycles. The molecule has 168 valence electrons. The Morgan fingerprint density at radius 2 is 1.81 bits per heavy atom. The Bertz CT molecular complexity index is 1050. The number of aromatic nitrogens is 3. The molecular weight excluding hydrogens is 420 g/mol. The number of amides is 1. The average Bonchev–Trinajstić information content (AvgIpc) is 3.16. The highest BCUT2D eigenvalue weighted by atomic mass is 32.2. The van der Waals surface area contributed by atoms with E-state index >= 15 is 0 Å². The van der Waals surface area contributed by atoms with Crippen LogP contribution >= 0.6 is 11.8 Å². The number of hydrogen-bond acceptors (Lipinski definition) is 5. The molecule has 0 aliphatic rings. The number of nitrogens with zero attached hydrogens (tertiary/aromatic N) is 3. The Morgan fingerprint density at radius 1 is 1.12 bits per heavy atom. The number of benzene rings is 2. The van der Waals surface area contributed by atoms with Crippen LogP contribution < -0.4 is 10.1 Å². The maximum absolute atomic E-state index is 12.4. The first-order chi connectivity index (χ1) is 15.3. The molecule has 0 fully saturated rings. The van der Waals surface area contributed by atoms with Gasteiger partial charge in [0.05, 0.1) is 12.4 Å². The molecule has 7 heteroatoms. The van der Waals surface area contributed by atoms with Crippen LogP contribution in [0.4, 0.5) is 5.69 Å². The van der Waals surface area contributed by atoms with Gasteiger partial charge in [-0.25, -0.2) is 0 Å². The summed E-state index contributed by atoms with van der Waals surface area (Å²) in [6.45, 7) is 13.5. The van der Waals surface area contributed by atoms with Gasteiger partial charge in [-0.2, -0.15) is 0 Å². The molecule has 0 unspecified atom stereocenters. The summed E-state index contributed by atoms with van der Waals surface area (Å²) in [4.78, 5) is 12.4. The monoisotopic (exact) mass is 450 g/mol. The highest BCUT2D eigenvalue weighted by molar-refractivity contribution is 7.99. The molecular formula is C25H30N4O2S. The third-order valence-electron chi connectivity index (χ3n) is 4.82. The lowest BCUT2D eigenvalue weighted by atomic mass is 9.87. The predicted molar refractivity (Wildman–Crippen MR) is 131 cm³/mol. The molecule has 0 aliphatic heterocycles. The molecule has 0 bridgehead atoms. The molecule has 0 atom stereocenters. The van der Waals surface area contributed by atoms with Crippen LogP contribution in [0.2, 0.25) is 0 Å². The zero-order chi connectivity index (χ0) is 23.1. The Kier molecular flexibility index (Phi) is 7.75. The number of thioether (sulfide) groups is 1. The van der Waals surface area contributed by atoms with Crippen molar-refractivity contribution in [3.05, 3.63) is 66.7 Å². The van der Waals surface area contributed by atoms with Crippen LogP contribution in [-0.4, -0.2) is 33.0 Å². The lowest BCUT2D eigenvalue weighted by molar-refractivity contribution is -0.113. The summed E-state index contributed by atoms with van der Waals surface area (Å²) in [6, 6.07) is 15.7. The second-order valence-electron chi connectivity index (χ2n) is 8.33. The van der Waals surface area contributed by atoms with E-state index in [9.17, 15) is 4.79 Å². The van der Waals surface area contributed by atoms with Gasteiger partial charge in [-0.05, 0) is 42.2 Å². The van der Waals surface area contributed by atoms with Crippen molar-refractivity contribution in [3.8, 4) is 17.1 Å². The molecule has 3 rings (SSSR count). The SMILES string of the molecule is C=CCn1c(SCC(=O)Nc2ccc(OCC)cc2)nnc1-c1ccc(C(C)(C)C)cc1. The summed E-state index contributed by atoms with van der Waals surface area (Å²) < 4.78 is 7.41. The Hall–Kier alpha value is -3.06. The standard InChI is InChI=1S/C25H30N4O2S/c1-6-16-29-23(18-8-10-19(11-9-18)25(3,4)5)27-28-24(29)32-17-22(30)26-20-12-14-21(15-13-20)31-7-2/h6,8-15H,1,7,16-17H2,2-5H3,(H,26,30). The van der Waals surface area contributed by atoms with Crippen LogP contribution in [-0.2, 0) is 16.8 Å². The normalized spacial score (nSPS) is 11.2. The first-order valence-electron chi connectivity index (χ1n) is 10.6. The Balaban J connectivity index is 1.68. The molecule has 1 aromatic heterocycles. The molecule has 32 heavy (non-hydrogen) atoms. The number of carbonyl (C=O) groups is 1. The highest BCUT2D eigenvalue weighted by Gasteiger charge is 2.17. The summed E-state index contributed by atoms with van der Waals surface area (Å²) in [5.41, 5.74) is 3.06. The number of anilines is 1. The fraction of sp³-hybridized carbons (Fsp3) is 0.320. The second kappa shape index (κ2) is 10.5. The molecule has 3 aromatic rings. The predicted octanol–water partition coefficient (Wildman–Crippen LogP) is 5.56. The molecule has 2 aromatic carbocycles. The van der Waals surface area contributed by atoms with E-state index in [4.69, 9.17) is 4.74 Å². The fourth-order valence-electron chi connectivity index (χ4n) is 3.15. The van der Waals surface area contributed by atoms with Gasteiger partial charge in [-0.15, -0.1) is 16.8 Å². The van der Waals surface area contributed by atoms with Crippen molar-refractivity contribution in [2.24, 2.45) is 0 Å². The van der Waals surface area contributed by atoms with Crippen molar-refractivity contribution < 1.29 is 9.53 Å². The summed E-state index contributed by atoms with van der Waals surface area (Å²) in [5.74, 6) is 1.66. The largest absolute Gasteiger partial charge is 0.494 e. The fourth-order valence-corrected chi connectivity index (χ4v) is 3.90. The van der Waals surface area contributed by atoms with Gasteiger partial charge in [0.15, 0.2) is 11.0 Å². The van der Waals surface area contributed by atoms with Crippen molar-refractivity contribution in [1.82, 2.24) is 14.8 Å². The van der Waals surface area contributed by atoms with E-state index in [1.165, 1.54) is 17.3 Å². The van der Waals surface area contributed by atoms with Crippen molar-refractivity contribution in [3.63, 3.8) is 0 Å². The van der Waals surface area contributed by atoms with E-state index in [1.807, 2.05) is 35.8 Å². The molecule has 0 saturated carbocycles. The zero-order valence-corrected chi connectivity index (χ0v) is 19.9. The molecule has 1 heterocycles. The van der Waals surface area contributed by atoms with Gasteiger partial charge in [-0.1, -0.05) is 62.9 Å². The zero-order valence-electron chi connectivity index (χ0n) is 19.1. The van der Waals surface area contributed by atoms with Crippen LogP contribution in [0.3, 0.4) is 0 Å². The maximum Gasteiger partial charge on any atom is 0.234 e. The van der Waals surface area contributed by atoms with E-state index in [0.717, 1.165) is 22.8 Å². The summed E-state index contributed by atoms with van der Waals surface area (Å²) in [6.07, 6.45) is 1.81. The number of rotatable bonds is 9. The minimum Gasteiger partial charge on any atom is -0.494 e. The summed E-state index contributed by atoms with van der Waals surface area (Å²) >= 11 is 1.35. The first kappa shape index (κ1) is 23.6. The van der Waals surface area contributed by atoms with E-state index in [0.29, 0.717) is 18.3 Å². The molecule has 1 N–H and O–H groups in total. The van der Waals surface area contributed by atoms with Gasteiger partial charge in [0.25, 0.3) is 0 Å². The van der Waals surface area contributed by atoms with E-state index in [-0.39, 0.29) is 17.1 Å². The first-order valence-corrected chi connectivity index (χ1v) is 11.6. The molecule has 0 saturated heterocycles. The summed E-state index contributed by atoms with van der Waals surface area (Å²) in [5, 5.41) is 12.3. The lowest BCUT2D eigenvalue weighted by Gasteiger charge is -2.19.